The number of halogens is 1. The molecule has 0 atom stereocenters. The fraction of sp³-hybridized carbons (Fsp3) is 0.200. The number of aryl methyl sites for hydroxylation is 2. The third kappa shape index (κ3) is 2.31. The second-order valence-electron chi connectivity index (χ2n) is 4.16. The number of benzene rings is 2. The third-order valence-electron chi connectivity index (χ3n) is 2.85. The van der Waals surface area contributed by atoms with Gasteiger partial charge in [0.1, 0.15) is 11.6 Å². The van der Waals surface area contributed by atoms with Gasteiger partial charge in [0.15, 0.2) is 0 Å². The highest BCUT2D eigenvalue weighted by Crippen LogP contribution is 2.29. The summed E-state index contributed by atoms with van der Waals surface area (Å²) in [4.78, 5) is 0. The standard InChI is InChI=1S/C15H15FO/c1-10-4-6-13(11(2)8-10)14-9-12(17-3)5-7-15(14)16/h4-9H,1-3H3. The molecule has 0 bridgehead atoms. The molecule has 0 aliphatic rings. The first kappa shape index (κ1) is 11.6. The Morgan fingerprint density at radius 2 is 1.71 bits per heavy atom. The van der Waals surface area contributed by atoms with E-state index >= 15 is 0 Å². The SMILES string of the molecule is COc1ccc(F)c(-c2ccc(C)cc2C)c1. The molecule has 0 radical (unpaired) electrons. The van der Waals surface area contributed by atoms with E-state index in [1.54, 1.807) is 19.2 Å². The van der Waals surface area contributed by atoms with Crippen molar-refractivity contribution in [1.29, 1.82) is 0 Å². The van der Waals surface area contributed by atoms with Crippen LogP contribution >= 0.6 is 0 Å². The molecule has 0 aromatic heterocycles. The Morgan fingerprint density at radius 1 is 0.941 bits per heavy atom. The highest BCUT2D eigenvalue weighted by molar-refractivity contribution is 5.69. The second-order valence-corrected chi connectivity index (χ2v) is 4.16. The van der Waals surface area contributed by atoms with Crippen LogP contribution in [-0.2, 0) is 0 Å². The summed E-state index contributed by atoms with van der Waals surface area (Å²) < 4.78 is 18.9. The van der Waals surface area contributed by atoms with Crippen LogP contribution in [0, 0.1) is 19.7 Å². The largest absolute Gasteiger partial charge is 0.497 e. The van der Waals surface area contributed by atoms with E-state index in [-0.39, 0.29) is 5.82 Å². The number of hydrogen-bond donors (Lipinski definition) is 0. The summed E-state index contributed by atoms with van der Waals surface area (Å²) in [5.41, 5.74) is 3.74. The summed E-state index contributed by atoms with van der Waals surface area (Å²) in [5.74, 6) is 0.444. The molecule has 0 amide bonds. The molecular weight excluding hydrogens is 215 g/mol. The predicted molar refractivity (Wildman–Crippen MR) is 67.9 cm³/mol. The minimum absolute atomic E-state index is 0.224. The van der Waals surface area contributed by atoms with Gasteiger partial charge < -0.3 is 4.74 Å². The van der Waals surface area contributed by atoms with E-state index in [0.29, 0.717) is 11.3 Å². The summed E-state index contributed by atoms with van der Waals surface area (Å²) in [6, 6.07) is 10.8. The summed E-state index contributed by atoms with van der Waals surface area (Å²) >= 11 is 0. The number of hydrogen-bond acceptors (Lipinski definition) is 1. The van der Waals surface area contributed by atoms with Crippen molar-refractivity contribution in [3.63, 3.8) is 0 Å². The second kappa shape index (κ2) is 4.58. The van der Waals surface area contributed by atoms with E-state index in [1.165, 1.54) is 11.6 Å². The van der Waals surface area contributed by atoms with Crippen molar-refractivity contribution in [2.24, 2.45) is 0 Å². The van der Waals surface area contributed by atoms with Gasteiger partial charge in [-0.2, -0.15) is 0 Å². The van der Waals surface area contributed by atoms with Gasteiger partial charge in [0.25, 0.3) is 0 Å². The van der Waals surface area contributed by atoms with E-state index < -0.39 is 0 Å². The lowest BCUT2D eigenvalue weighted by molar-refractivity contribution is 0.414. The Bertz CT molecular complexity index is 547. The van der Waals surface area contributed by atoms with Gasteiger partial charge in [-0.25, -0.2) is 4.39 Å². The zero-order valence-corrected chi connectivity index (χ0v) is 10.3. The first-order valence-electron chi connectivity index (χ1n) is 5.53. The van der Waals surface area contributed by atoms with Crippen molar-refractivity contribution in [3.8, 4) is 16.9 Å². The molecule has 0 spiro atoms. The Hall–Kier alpha value is -1.83. The highest BCUT2D eigenvalue weighted by atomic mass is 19.1. The molecule has 0 aliphatic carbocycles. The third-order valence-corrected chi connectivity index (χ3v) is 2.85. The van der Waals surface area contributed by atoms with Crippen molar-refractivity contribution in [1.82, 2.24) is 0 Å². The fourth-order valence-corrected chi connectivity index (χ4v) is 1.95. The normalized spacial score (nSPS) is 10.4. The zero-order valence-electron chi connectivity index (χ0n) is 10.3. The monoisotopic (exact) mass is 230 g/mol. The maximum Gasteiger partial charge on any atom is 0.131 e. The van der Waals surface area contributed by atoms with Crippen LogP contribution < -0.4 is 4.74 Å². The predicted octanol–water partition coefficient (Wildman–Crippen LogP) is 4.12. The summed E-state index contributed by atoms with van der Waals surface area (Å²) in [7, 11) is 1.58. The smallest absolute Gasteiger partial charge is 0.131 e. The van der Waals surface area contributed by atoms with E-state index in [1.807, 2.05) is 32.0 Å². The van der Waals surface area contributed by atoms with Gasteiger partial charge >= 0.3 is 0 Å². The van der Waals surface area contributed by atoms with Crippen molar-refractivity contribution in [3.05, 3.63) is 53.3 Å². The fourth-order valence-electron chi connectivity index (χ4n) is 1.95. The molecule has 0 heterocycles. The molecule has 0 aliphatic heterocycles. The Kier molecular flexibility index (Phi) is 3.14. The molecule has 17 heavy (non-hydrogen) atoms. The lowest BCUT2D eigenvalue weighted by Gasteiger charge is -2.10. The average Bonchev–Trinajstić information content (AvgIpc) is 2.30. The molecule has 1 nitrogen and oxygen atoms in total. The molecular formula is C15H15FO. The average molecular weight is 230 g/mol. The number of rotatable bonds is 2. The van der Waals surface area contributed by atoms with Crippen LogP contribution in [0.2, 0.25) is 0 Å². The summed E-state index contributed by atoms with van der Waals surface area (Å²) in [6.07, 6.45) is 0. The van der Waals surface area contributed by atoms with E-state index in [2.05, 4.69) is 0 Å². The van der Waals surface area contributed by atoms with E-state index in [4.69, 9.17) is 4.74 Å². The van der Waals surface area contributed by atoms with Crippen LogP contribution in [0.4, 0.5) is 4.39 Å². The summed E-state index contributed by atoms with van der Waals surface area (Å²) in [5, 5.41) is 0. The lowest BCUT2D eigenvalue weighted by Crippen LogP contribution is -1.91. The molecule has 0 saturated carbocycles. The van der Waals surface area contributed by atoms with E-state index in [9.17, 15) is 4.39 Å². The van der Waals surface area contributed by atoms with Crippen LogP contribution in [0.25, 0.3) is 11.1 Å². The molecule has 0 saturated heterocycles. The molecule has 0 N–H and O–H groups in total. The van der Waals surface area contributed by atoms with Crippen LogP contribution in [0.5, 0.6) is 5.75 Å². The van der Waals surface area contributed by atoms with Crippen molar-refractivity contribution < 1.29 is 9.13 Å². The van der Waals surface area contributed by atoms with E-state index in [0.717, 1.165) is 11.1 Å². The Labute approximate surface area is 101 Å². The van der Waals surface area contributed by atoms with Gasteiger partial charge in [0, 0.05) is 5.56 Å². The summed E-state index contributed by atoms with van der Waals surface area (Å²) in [6.45, 7) is 4.01. The van der Waals surface area contributed by atoms with Crippen LogP contribution in [0.15, 0.2) is 36.4 Å². The van der Waals surface area contributed by atoms with Crippen LogP contribution in [0.3, 0.4) is 0 Å². The van der Waals surface area contributed by atoms with Crippen LogP contribution in [0.1, 0.15) is 11.1 Å². The van der Waals surface area contributed by atoms with Gasteiger partial charge in [-0.1, -0.05) is 23.8 Å². The van der Waals surface area contributed by atoms with Crippen molar-refractivity contribution >= 4 is 0 Å². The van der Waals surface area contributed by atoms with Gasteiger partial charge in [-0.3, -0.25) is 0 Å². The molecule has 2 heteroatoms. The molecule has 0 fully saturated rings. The molecule has 88 valence electrons. The van der Waals surface area contributed by atoms with Crippen molar-refractivity contribution in [2.75, 3.05) is 7.11 Å². The zero-order chi connectivity index (χ0) is 12.4. The minimum atomic E-state index is -0.224. The van der Waals surface area contributed by atoms with Gasteiger partial charge in [-0.05, 0) is 43.2 Å². The lowest BCUT2D eigenvalue weighted by atomic mass is 9.98. The van der Waals surface area contributed by atoms with Gasteiger partial charge in [0.05, 0.1) is 7.11 Å². The molecule has 2 rings (SSSR count). The number of methoxy groups -OCH3 is 1. The van der Waals surface area contributed by atoms with Crippen LogP contribution in [-0.4, -0.2) is 7.11 Å². The molecule has 2 aromatic rings. The van der Waals surface area contributed by atoms with Crippen molar-refractivity contribution in [2.45, 2.75) is 13.8 Å². The first-order valence-corrected chi connectivity index (χ1v) is 5.53. The quantitative estimate of drug-likeness (QED) is 0.754. The maximum atomic E-state index is 13.8. The Morgan fingerprint density at radius 3 is 2.35 bits per heavy atom. The highest BCUT2D eigenvalue weighted by Gasteiger charge is 2.09. The topological polar surface area (TPSA) is 9.23 Å². The number of ether oxygens (including phenoxy) is 1. The first-order chi connectivity index (χ1) is 8.11. The molecule has 0 unspecified atom stereocenters. The molecule has 2 aromatic carbocycles. The van der Waals surface area contributed by atoms with Gasteiger partial charge in [0.2, 0.25) is 0 Å². The van der Waals surface area contributed by atoms with Gasteiger partial charge in [-0.15, -0.1) is 0 Å². The Balaban J connectivity index is 2.59. The minimum Gasteiger partial charge on any atom is -0.497 e. The maximum absolute atomic E-state index is 13.8.